The highest BCUT2D eigenvalue weighted by molar-refractivity contribution is 5.30. The topological polar surface area (TPSA) is 0 Å². The lowest BCUT2D eigenvalue weighted by Crippen LogP contribution is -1.98. The third kappa shape index (κ3) is 1.92. The summed E-state index contributed by atoms with van der Waals surface area (Å²) in [5.41, 5.74) is 1.65. The molecule has 14 heavy (non-hydrogen) atoms. The Morgan fingerprint density at radius 1 is 1.14 bits per heavy atom. The fourth-order valence-electron chi connectivity index (χ4n) is 1.67. The molecule has 0 nitrogen and oxygen atoms in total. The summed E-state index contributed by atoms with van der Waals surface area (Å²) in [6.07, 6.45) is 6.77. The average Bonchev–Trinajstić information content (AvgIpc) is 2.30. The van der Waals surface area contributed by atoms with E-state index in [9.17, 15) is 4.39 Å². The third-order valence-electron chi connectivity index (χ3n) is 2.46. The van der Waals surface area contributed by atoms with Gasteiger partial charge in [0, 0.05) is 0 Å². The first kappa shape index (κ1) is 9.20. The van der Waals surface area contributed by atoms with Gasteiger partial charge >= 0.3 is 0 Å². The zero-order chi connectivity index (χ0) is 9.80. The Morgan fingerprint density at radius 3 is 2.57 bits per heavy atom. The van der Waals surface area contributed by atoms with Crippen molar-refractivity contribution in [2.75, 3.05) is 0 Å². The van der Waals surface area contributed by atoms with Crippen LogP contribution in [0.25, 0.3) is 0 Å². The lowest BCUT2D eigenvalue weighted by atomic mass is 9.96. The van der Waals surface area contributed by atoms with E-state index in [1.165, 1.54) is 0 Å². The minimum absolute atomic E-state index is 0.758. The molecule has 0 bridgehead atoms. The first-order valence-electron chi connectivity index (χ1n) is 4.92. The lowest BCUT2D eigenvalue weighted by molar-refractivity contribution is 0.385. The van der Waals surface area contributed by atoms with Gasteiger partial charge in [0.1, 0.15) is 6.17 Å². The quantitative estimate of drug-likeness (QED) is 0.658. The minimum atomic E-state index is -0.929. The molecule has 0 heterocycles. The van der Waals surface area contributed by atoms with Crippen LogP contribution in [0.2, 0.25) is 0 Å². The Hall–Kier alpha value is -1.37. The molecule has 0 aliphatic heterocycles. The standard InChI is InChI=1S/C13H13F/c14-13(11-7-3-1-4-8-11)12-9-5-2-6-10-12/h1-5,7-9,13H,6,10H2. The Kier molecular flexibility index (Phi) is 2.78. The number of hydrogen-bond donors (Lipinski definition) is 0. The second kappa shape index (κ2) is 4.23. The van der Waals surface area contributed by atoms with Gasteiger partial charge in [0.05, 0.1) is 0 Å². The molecule has 1 unspecified atom stereocenters. The summed E-state index contributed by atoms with van der Waals surface area (Å²) in [5.74, 6) is 0. The van der Waals surface area contributed by atoms with Crippen molar-refractivity contribution in [2.45, 2.75) is 19.0 Å². The third-order valence-corrected chi connectivity index (χ3v) is 2.46. The van der Waals surface area contributed by atoms with Crippen LogP contribution in [0.3, 0.4) is 0 Å². The number of hydrogen-bond acceptors (Lipinski definition) is 0. The van der Waals surface area contributed by atoms with E-state index in [-0.39, 0.29) is 0 Å². The van der Waals surface area contributed by atoms with E-state index in [4.69, 9.17) is 0 Å². The molecule has 1 aliphatic carbocycles. The van der Waals surface area contributed by atoms with Crippen LogP contribution < -0.4 is 0 Å². The molecule has 0 saturated heterocycles. The molecule has 0 amide bonds. The van der Waals surface area contributed by atoms with E-state index in [1.807, 2.05) is 42.5 Å². The van der Waals surface area contributed by atoms with Crippen LogP contribution >= 0.6 is 0 Å². The van der Waals surface area contributed by atoms with Gasteiger partial charge in [-0.15, -0.1) is 0 Å². The van der Waals surface area contributed by atoms with Gasteiger partial charge in [0.25, 0.3) is 0 Å². The summed E-state index contributed by atoms with van der Waals surface area (Å²) in [6.45, 7) is 0. The predicted molar refractivity (Wildman–Crippen MR) is 56.7 cm³/mol. The predicted octanol–water partition coefficient (Wildman–Crippen LogP) is 3.97. The van der Waals surface area contributed by atoms with Gasteiger partial charge in [0.15, 0.2) is 0 Å². The first-order chi connectivity index (χ1) is 6.88. The van der Waals surface area contributed by atoms with Gasteiger partial charge < -0.3 is 0 Å². The van der Waals surface area contributed by atoms with Crippen LogP contribution in [-0.2, 0) is 0 Å². The second-order valence-electron chi connectivity index (χ2n) is 3.48. The van der Waals surface area contributed by atoms with Crippen LogP contribution in [-0.4, -0.2) is 0 Å². The molecule has 1 heteroatoms. The molecule has 0 aromatic heterocycles. The summed E-state index contributed by atoms with van der Waals surface area (Å²) in [5, 5.41) is 0. The molecular weight excluding hydrogens is 175 g/mol. The highest BCUT2D eigenvalue weighted by atomic mass is 19.1. The van der Waals surface area contributed by atoms with Crippen molar-refractivity contribution < 1.29 is 4.39 Å². The van der Waals surface area contributed by atoms with E-state index in [1.54, 1.807) is 0 Å². The smallest absolute Gasteiger partial charge is 0.147 e. The molecule has 1 atom stereocenters. The van der Waals surface area contributed by atoms with Crippen molar-refractivity contribution in [3.05, 3.63) is 59.7 Å². The fourth-order valence-corrected chi connectivity index (χ4v) is 1.67. The van der Waals surface area contributed by atoms with Crippen LogP contribution in [0.5, 0.6) is 0 Å². The number of benzene rings is 1. The molecule has 1 aromatic carbocycles. The van der Waals surface area contributed by atoms with Gasteiger partial charge in [0.2, 0.25) is 0 Å². The molecule has 0 spiro atoms. The first-order valence-corrected chi connectivity index (χ1v) is 4.92. The highest BCUT2D eigenvalue weighted by Crippen LogP contribution is 2.30. The Balaban J connectivity index is 2.19. The Labute approximate surface area is 83.8 Å². The summed E-state index contributed by atoms with van der Waals surface area (Å²) in [7, 11) is 0. The van der Waals surface area contributed by atoms with Crippen molar-refractivity contribution in [2.24, 2.45) is 0 Å². The van der Waals surface area contributed by atoms with Crippen molar-refractivity contribution >= 4 is 0 Å². The molecule has 2 rings (SSSR count). The maximum atomic E-state index is 13.9. The summed E-state index contributed by atoms with van der Waals surface area (Å²) < 4.78 is 13.9. The number of rotatable bonds is 2. The normalized spacial score (nSPS) is 17.6. The average molecular weight is 188 g/mol. The van der Waals surface area contributed by atoms with E-state index in [2.05, 4.69) is 6.08 Å². The molecule has 1 aliphatic rings. The number of allylic oxidation sites excluding steroid dienone is 4. The van der Waals surface area contributed by atoms with Gasteiger partial charge in [-0.25, -0.2) is 4.39 Å². The van der Waals surface area contributed by atoms with Gasteiger partial charge in [-0.05, 0) is 24.0 Å². The van der Waals surface area contributed by atoms with Crippen molar-refractivity contribution in [3.63, 3.8) is 0 Å². The number of alkyl halides is 1. The zero-order valence-electron chi connectivity index (χ0n) is 7.99. The summed E-state index contributed by atoms with van der Waals surface area (Å²) in [4.78, 5) is 0. The summed E-state index contributed by atoms with van der Waals surface area (Å²) >= 11 is 0. The largest absolute Gasteiger partial charge is 0.237 e. The maximum Gasteiger partial charge on any atom is 0.147 e. The van der Waals surface area contributed by atoms with Crippen LogP contribution in [0, 0.1) is 0 Å². The SMILES string of the molecule is FC(C1=CC=CCC1)c1ccccc1. The van der Waals surface area contributed by atoms with Crippen molar-refractivity contribution in [1.29, 1.82) is 0 Å². The second-order valence-corrected chi connectivity index (χ2v) is 3.48. The molecule has 72 valence electrons. The van der Waals surface area contributed by atoms with E-state index >= 15 is 0 Å². The highest BCUT2D eigenvalue weighted by Gasteiger charge is 2.14. The van der Waals surface area contributed by atoms with Gasteiger partial charge in [-0.2, -0.15) is 0 Å². The van der Waals surface area contributed by atoms with E-state index in [0.717, 1.165) is 24.0 Å². The molecule has 0 N–H and O–H groups in total. The van der Waals surface area contributed by atoms with Crippen molar-refractivity contribution in [3.8, 4) is 0 Å². The Morgan fingerprint density at radius 2 is 1.93 bits per heavy atom. The fraction of sp³-hybridized carbons (Fsp3) is 0.231. The van der Waals surface area contributed by atoms with Gasteiger partial charge in [-0.1, -0.05) is 48.6 Å². The molecule has 1 aromatic rings. The monoisotopic (exact) mass is 188 g/mol. The van der Waals surface area contributed by atoms with E-state index in [0.29, 0.717) is 0 Å². The van der Waals surface area contributed by atoms with Crippen LogP contribution in [0.4, 0.5) is 4.39 Å². The molecule has 0 fully saturated rings. The van der Waals surface area contributed by atoms with Gasteiger partial charge in [-0.3, -0.25) is 0 Å². The maximum absolute atomic E-state index is 13.9. The van der Waals surface area contributed by atoms with E-state index < -0.39 is 6.17 Å². The lowest BCUT2D eigenvalue weighted by Gasteiger charge is -2.14. The van der Waals surface area contributed by atoms with Crippen LogP contribution in [0.1, 0.15) is 24.6 Å². The number of halogens is 1. The van der Waals surface area contributed by atoms with Crippen LogP contribution in [0.15, 0.2) is 54.1 Å². The Bertz CT molecular complexity index is 349. The van der Waals surface area contributed by atoms with Crippen molar-refractivity contribution in [1.82, 2.24) is 0 Å². The molecule has 0 radical (unpaired) electrons. The molecular formula is C13H13F. The minimum Gasteiger partial charge on any atom is -0.237 e. The molecule has 0 saturated carbocycles. The zero-order valence-corrected chi connectivity index (χ0v) is 7.99. The summed E-state index contributed by atoms with van der Waals surface area (Å²) in [6, 6.07) is 9.33.